The molecule has 1 aromatic heterocycles. The number of aromatic nitrogens is 1. The molecule has 0 unspecified atom stereocenters. The molecular formula is C27H28N2O4S2. The fourth-order valence-corrected chi connectivity index (χ4v) is 5.38. The van der Waals surface area contributed by atoms with E-state index in [1.54, 1.807) is 30.2 Å². The Morgan fingerprint density at radius 1 is 1.14 bits per heavy atom. The lowest BCUT2D eigenvalue weighted by molar-refractivity contribution is -0.139. The molecule has 3 aromatic rings. The predicted molar refractivity (Wildman–Crippen MR) is 141 cm³/mol. The fourth-order valence-electron chi connectivity index (χ4n) is 3.92. The van der Waals surface area contributed by atoms with E-state index in [-0.39, 0.29) is 12.2 Å². The molecule has 1 aliphatic heterocycles. The van der Waals surface area contributed by atoms with Crippen LogP contribution in [0.4, 0.5) is 0 Å². The van der Waals surface area contributed by atoms with E-state index in [9.17, 15) is 9.59 Å². The number of ether oxygens (including phenoxy) is 2. The molecule has 1 atom stereocenters. The molecule has 0 saturated carbocycles. The normalized spacial score (nSPS) is 15.5. The van der Waals surface area contributed by atoms with Crippen LogP contribution in [0, 0.1) is 0 Å². The first-order valence-electron chi connectivity index (χ1n) is 11.5. The van der Waals surface area contributed by atoms with Gasteiger partial charge in [0.2, 0.25) is 0 Å². The molecule has 1 aliphatic rings. The van der Waals surface area contributed by atoms with Crippen molar-refractivity contribution in [1.29, 1.82) is 0 Å². The Kier molecular flexibility index (Phi) is 7.93. The van der Waals surface area contributed by atoms with Crippen LogP contribution < -0.4 is 19.6 Å². The third-order valence-electron chi connectivity index (χ3n) is 5.60. The first kappa shape index (κ1) is 25.0. The number of rotatable bonds is 8. The van der Waals surface area contributed by atoms with Crippen molar-refractivity contribution in [2.24, 2.45) is 4.99 Å². The van der Waals surface area contributed by atoms with E-state index in [0.29, 0.717) is 27.2 Å². The Labute approximate surface area is 212 Å². The molecular weight excluding hydrogens is 480 g/mol. The molecule has 0 radical (unpaired) electrons. The van der Waals surface area contributed by atoms with Gasteiger partial charge in [0.05, 0.1) is 35.1 Å². The quantitative estimate of drug-likeness (QED) is 0.335. The zero-order valence-electron chi connectivity index (χ0n) is 20.2. The monoisotopic (exact) mass is 508 g/mol. The van der Waals surface area contributed by atoms with E-state index in [4.69, 9.17) is 9.47 Å². The molecule has 0 N–H and O–H groups in total. The number of carbonyl (C=O) groups excluding carboxylic acids is 1. The van der Waals surface area contributed by atoms with E-state index >= 15 is 0 Å². The third-order valence-corrected chi connectivity index (χ3v) is 7.33. The number of allylic oxidation sites excluding steroid dienone is 1. The average molecular weight is 509 g/mol. The van der Waals surface area contributed by atoms with Crippen LogP contribution in [0.25, 0.3) is 6.08 Å². The second-order valence-corrected chi connectivity index (χ2v) is 9.88. The van der Waals surface area contributed by atoms with Crippen LogP contribution in [0.3, 0.4) is 0 Å². The Bertz CT molecular complexity index is 1420. The van der Waals surface area contributed by atoms with Gasteiger partial charge in [-0.2, -0.15) is 0 Å². The highest BCUT2D eigenvalue weighted by molar-refractivity contribution is 7.98. The largest absolute Gasteiger partial charge is 0.494 e. The third kappa shape index (κ3) is 5.28. The maximum atomic E-state index is 13.6. The van der Waals surface area contributed by atoms with Crippen molar-refractivity contribution in [3.05, 3.63) is 90.6 Å². The Hall–Kier alpha value is -3.10. The minimum absolute atomic E-state index is 0.187. The molecule has 182 valence electrons. The Morgan fingerprint density at radius 2 is 1.86 bits per heavy atom. The predicted octanol–water partition coefficient (Wildman–Crippen LogP) is 4.31. The smallest absolute Gasteiger partial charge is 0.338 e. The van der Waals surface area contributed by atoms with Gasteiger partial charge in [-0.05, 0) is 68.0 Å². The highest BCUT2D eigenvalue weighted by Gasteiger charge is 2.33. The second kappa shape index (κ2) is 11.1. The highest BCUT2D eigenvalue weighted by Crippen LogP contribution is 2.31. The van der Waals surface area contributed by atoms with E-state index < -0.39 is 12.0 Å². The molecule has 0 spiro atoms. The van der Waals surface area contributed by atoms with Crippen LogP contribution in [0.5, 0.6) is 5.75 Å². The number of benzene rings is 2. The van der Waals surface area contributed by atoms with Gasteiger partial charge in [0.1, 0.15) is 5.75 Å². The van der Waals surface area contributed by atoms with Crippen LogP contribution >= 0.6 is 23.1 Å². The van der Waals surface area contributed by atoms with Crippen molar-refractivity contribution >= 4 is 35.1 Å². The number of nitrogens with zero attached hydrogens (tertiary/aromatic N) is 2. The van der Waals surface area contributed by atoms with Crippen LogP contribution in [0.1, 0.15) is 44.4 Å². The van der Waals surface area contributed by atoms with Crippen molar-refractivity contribution in [1.82, 2.24) is 4.57 Å². The molecule has 2 aromatic carbocycles. The summed E-state index contributed by atoms with van der Waals surface area (Å²) >= 11 is 2.96. The molecule has 8 heteroatoms. The number of carbonyl (C=O) groups is 1. The summed E-state index contributed by atoms with van der Waals surface area (Å²) in [6, 6.07) is 15.0. The molecule has 0 aliphatic carbocycles. The fraction of sp³-hybridized carbons (Fsp3) is 0.296. The molecule has 0 saturated heterocycles. The van der Waals surface area contributed by atoms with Gasteiger partial charge in [-0.1, -0.05) is 42.5 Å². The van der Waals surface area contributed by atoms with Crippen molar-refractivity contribution in [3.8, 4) is 5.75 Å². The summed E-state index contributed by atoms with van der Waals surface area (Å²) in [5, 5.41) is 0. The van der Waals surface area contributed by atoms with Gasteiger partial charge in [-0.3, -0.25) is 9.36 Å². The number of thioether (sulfide) groups is 1. The SMILES string of the molecule is CCCOc1ccc(/C=c2\sc3n(c2=O)[C@H](c2ccc(SC)cc2)C(C(=O)OCC)=C(C)N=3)cc1. The second-order valence-electron chi connectivity index (χ2n) is 7.99. The summed E-state index contributed by atoms with van der Waals surface area (Å²) in [4.78, 5) is 32.9. The van der Waals surface area contributed by atoms with Crippen molar-refractivity contribution in [2.75, 3.05) is 19.5 Å². The molecule has 4 rings (SSSR count). The summed E-state index contributed by atoms with van der Waals surface area (Å²) in [7, 11) is 0. The van der Waals surface area contributed by atoms with E-state index in [2.05, 4.69) is 11.9 Å². The maximum absolute atomic E-state index is 13.6. The Balaban J connectivity index is 1.83. The van der Waals surface area contributed by atoms with Gasteiger partial charge in [0.15, 0.2) is 4.80 Å². The lowest BCUT2D eigenvalue weighted by Crippen LogP contribution is -2.39. The molecule has 0 bridgehead atoms. The van der Waals surface area contributed by atoms with Crippen molar-refractivity contribution in [2.45, 2.75) is 38.1 Å². The Morgan fingerprint density at radius 3 is 2.49 bits per heavy atom. The van der Waals surface area contributed by atoms with Gasteiger partial charge < -0.3 is 9.47 Å². The van der Waals surface area contributed by atoms with Gasteiger partial charge in [-0.15, -0.1) is 11.8 Å². The summed E-state index contributed by atoms with van der Waals surface area (Å²) in [6.07, 6.45) is 4.80. The van der Waals surface area contributed by atoms with E-state index in [0.717, 1.165) is 28.2 Å². The van der Waals surface area contributed by atoms with Gasteiger partial charge >= 0.3 is 5.97 Å². The number of hydrogen-bond donors (Lipinski definition) is 0. The van der Waals surface area contributed by atoms with Crippen LogP contribution in [0.15, 0.2) is 74.5 Å². The minimum Gasteiger partial charge on any atom is -0.494 e. The van der Waals surface area contributed by atoms with Crippen molar-refractivity contribution in [3.63, 3.8) is 0 Å². The molecule has 2 heterocycles. The number of hydrogen-bond acceptors (Lipinski definition) is 7. The minimum atomic E-state index is -0.604. The summed E-state index contributed by atoms with van der Waals surface area (Å²) in [6.45, 7) is 6.53. The zero-order chi connectivity index (χ0) is 24.9. The van der Waals surface area contributed by atoms with Crippen molar-refractivity contribution < 1.29 is 14.3 Å². The highest BCUT2D eigenvalue weighted by atomic mass is 32.2. The van der Waals surface area contributed by atoms with Crippen LogP contribution in [-0.4, -0.2) is 30.0 Å². The van der Waals surface area contributed by atoms with Crippen LogP contribution in [-0.2, 0) is 9.53 Å². The van der Waals surface area contributed by atoms with Gasteiger partial charge in [0.25, 0.3) is 5.56 Å². The summed E-state index contributed by atoms with van der Waals surface area (Å²) in [5.74, 6) is 0.346. The number of esters is 1. The first-order valence-corrected chi connectivity index (χ1v) is 13.6. The van der Waals surface area contributed by atoms with E-state index in [1.165, 1.54) is 11.3 Å². The maximum Gasteiger partial charge on any atom is 0.338 e. The molecule has 35 heavy (non-hydrogen) atoms. The molecule has 0 fully saturated rings. The zero-order valence-corrected chi connectivity index (χ0v) is 21.9. The number of thiazole rings is 1. The topological polar surface area (TPSA) is 69.9 Å². The average Bonchev–Trinajstić information content (AvgIpc) is 3.17. The standard InChI is InChI=1S/C27H28N2O4S2/c1-5-15-33-20-11-7-18(8-12-20)16-22-25(30)29-24(19-9-13-21(34-4)14-10-19)23(26(31)32-6-2)17(3)28-27(29)35-22/h7-14,16,24H,5-6,15H2,1-4H3/b22-16-/t24-/m1/s1. The summed E-state index contributed by atoms with van der Waals surface area (Å²) < 4.78 is 13.2. The molecule has 0 amide bonds. The molecule has 6 nitrogen and oxygen atoms in total. The lowest BCUT2D eigenvalue weighted by Gasteiger charge is -2.24. The van der Waals surface area contributed by atoms with Gasteiger partial charge in [0, 0.05) is 4.90 Å². The lowest BCUT2D eigenvalue weighted by atomic mass is 9.96. The number of fused-ring (bicyclic) bond motifs is 1. The van der Waals surface area contributed by atoms with Crippen LogP contribution in [0.2, 0.25) is 0 Å². The van der Waals surface area contributed by atoms with E-state index in [1.807, 2.05) is 60.9 Å². The summed E-state index contributed by atoms with van der Waals surface area (Å²) in [5.41, 5.74) is 2.49. The van der Waals surface area contributed by atoms with Gasteiger partial charge in [-0.25, -0.2) is 9.79 Å². The first-order chi connectivity index (χ1) is 17.0.